The summed E-state index contributed by atoms with van der Waals surface area (Å²) in [6, 6.07) is 10.7. The van der Waals surface area contributed by atoms with Crippen molar-refractivity contribution in [2.24, 2.45) is 0 Å². The lowest BCUT2D eigenvalue weighted by molar-refractivity contribution is -0.137. The lowest BCUT2D eigenvalue weighted by Gasteiger charge is -2.34. The molecule has 1 heterocycles. The van der Waals surface area contributed by atoms with E-state index >= 15 is 0 Å². The van der Waals surface area contributed by atoms with Gasteiger partial charge < -0.3 is 10.2 Å². The smallest absolute Gasteiger partial charge is 0.322 e. The van der Waals surface area contributed by atoms with Crippen LogP contribution in [0, 0.1) is 6.92 Å². The second kappa shape index (κ2) is 8.41. The Morgan fingerprint density at radius 1 is 1.07 bits per heavy atom. The first-order chi connectivity index (χ1) is 13.2. The predicted octanol–water partition coefficient (Wildman–Crippen LogP) is 5.02. The largest absolute Gasteiger partial charge is 0.416 e. The Kier molecular flexibility index (Phi) is 6.15. The van der Waals surface area contributed by atoms with Crippen molar-refractivity contribution in [1.29, 1.82) is 0 Å². The first-order valence-corrected chi connectivity index (χ1v) is 9.31. The van der Waals surface area contributed by atoms with E-state index < -0.39 is 17.8 Å². The fraction of sp³-hybridized carbons (Fsp3) is 0.350. The number of carbonyl (C=O) groups is 1. The molecule has 0 aromatic heterocycles. The zero-order valence-corrected chi connectivity index (χ0v) is 16.1. The van der Waals surface area contributed by atoms with Crippen LogP contribution in [0.4, 0.5) is 23.7 Å². The number of benzene rings is 2. The summed E-state index contributed by atoms with van der Waals surface area (Å²) in [5, 5.41) is 2.57. The van der Waals surface area contributed by atoms with Crippen LogP contribution >= 0.6 is 11.6 Å². The second-order valence-corrected chi connectivity index (χ2v) is 7.28. The third kappa shape index (κ3) is 5.17. The lowest BCUT2D eigenvalue weighted by atomic mass is 10.1. The minimum Gasteiger partial charge on any atom is -0.322 e. The van der Waals surface area contributed by atoms with Crippen LogP contribution in [-0.2, 0) is 12.7 Å². The molecule has 1 saturated heterocycles. The second-order valence-electron chi connectivity index (χ2n) is 6.87. The molecular weight excluding hydrogens is 391 g/mol. The molecule has 2 amide bonds. The number of hydrogen-bond donors (Lipinski definition) is 1. The summed E-state index contributed by atoms with van der Waals surface area (Å²) in [6.07, 6.45) is -4.49. The first kappa shape index (κ1) is 20.5. The maximum absolute atomic E-state index is 12.9. The number of rotatable bonds is 3. The molecule has 2 aromatic rings. The third-order valence-corrected chi connectivity index (χ3v) is 5.05. The van der Waals surface area contributed by atoms with Crippen LogP contribution in [0.2, 0.25) is 5.02 Å². The van der Waals surface area contributed by atoms with Crippen molar-refractivity contribution in [3.8, 4) is 0 Å². The van der Waals surface area contributed by atoms with Gasteiger partial charge in [-0.1, -0.05) is 41.4 Å². The van der Waals surface area contributed by atoms with E-state index in [2.05, 4.69) is 34.5 Å². The van der Waals surface area contributed by atoms with Crippen LogP contribution in [0.15, 0.2) is 42.5 Å². The molecule has 4 nitrogen and oxygen atoms in total. The van der Waals surface area contributed by atoms with E-state index in [-0.39, 0.29) is 10.7 Å². The van der Waals surface area contributed by atoms with Crippen LogP contribution in [0.1, 0.15) is 16.7 Å². The lowest BCUT2D eigenvalue weighted by Crippen LogP contribution is -2.49. The highest BCUT2D eigenvalue weighted by atomic mass is 35.5. The maximum atomic E-state index is 12.9. The Labute approximate surface area is 166 Å². The molecule has 1 fully saturated rings. The van der Waals surface area contributed by atoms with Crippen molar-refractivity contribution in [3.63, 3.8) is 0 Å². The van der Waals surface area contributed by atoms with Gasteiger partial charge in [0.1, 0.15) is 0 Å². The number of aryl methyl sites for hydroxylation is 1. The fourth-order valence-corrected chi connectivity index (χ4v) is 3.22. The molecule has 0 unspecified atom stereocenters. The van der Waals surface area contributed by atoms with Crippen molar-refractivity contribution in [1.82, 2.24) is 9.80 Å². The van der Waals surface area contributed by atoms with Crippen LogP contribution < -0.4 is 5.32 Å². The molecule has 0 spiro atoms. The molecular formula is C20H21ClF3N3O. The molecule has 1 aliphatic rings. The quantitative estimate of drug-likeness (QED) is 0.770. The van der Waals surface area contributed by atoms with E-state index in [9.17, 15) is 18.0 Å². The van der Waals surface area contributed by atoms with Gasteiger partial charge in [0.25, 0.3) is 0 Å². The van der Waals surface area contributed by atoms with Gasteiger partial charge in [0.2, 0.25) is 0 Å². The minimum atomic E-state index is -4.49. The Morgan fingerprint density at radius 2 is 1.71 bits per heavy atom. The Hall–Kier alpha value is -2.25. The number of alkyl halides is 3. The van der Waals surface area contributed by atoms with Crippen molar-refractivity contribution < 1.29 is 18.0 Å². The molecule has 1 aliphatic heterocycles. The van der Waals surface area contributed by atoms with E-state index in [1.165, 1.54) is 11.1 Å². The highest BCUT2D eigenvalue weighted by Gasteiger charge is 2.31. The van der Waals surface area contributed by atoms with Gasteiger partial charge in [0.15, 0.2) is 0 Å². The number of urea groups is 1. The Balaban J connectivity index is 1.56. The van der Waals surface area contributed by atoms with Crippen molar-refractivity contribution >= 4 is 23.3 Å². The number of piperazine rings is 1. The average Bonchev–Trinajstić information content (AvgIpc) is 2.65. The third-order valence-electron chi connectivity index (χ3n) is 4.72. The highest BCUT2D eigenvalue weighted by molar-refractivity contribution is 6.33. The average molecular weight is 412 g/mol. The minimum absolute atomic E-state index is 0.0384. The van der Waals surface area contributed by atoms with E-state index in [0.29, 0.717) is 26.2 Å². The van der Waals surface area contributed by atoms with Gasteiger partial charge in [0, 0.05) is 32.7 Å². The summed E-state index contributed by atoms with van der Waals surface area (Å²) in [5.74, 6) is 0. The molecule has 3 rings (SSSR count). The molecule has 0 radical (unpaired) electrons. The van der Waals surface area contributed by atoms with Crippen molar-refractivity contribution in [2.75, 3.05) is 31.5 Å². The van der Waals surface area contributed by atoms with Gasteiger partial charge in [-0.25, -0.2) is 4.79 Å². The number of halogens is 4. The number of nitrogens with one attached hydrogen (secondary N) is 1. The number of hydrogen-bond acceptors (Lipinski definition) is 2. The van der Waals surface area contributed by atoms with Crippen LogP contribution in [0.25, 0.3) is 0 Å². The van der Waals surface area contributed by atoms with Crippen LogP contribution in [0.3, 0.4) is 0 Å². The van der Waals surface area contributed by atoms with Gasteiger partial charge in [-0.15, -0.1) is 0 Å². The molecule has 2 aromatic carbocycles. The van der Waals surface area contributed by atoms with Crippen LogP contribution in [-0.4, -0.2) is 42.0 Å². The first-order valence-electron chi connectivity index (χ1n) is 8.93. The van der Waals surface area contributed by atoms with Crippen LogP contribution in [0.5, 0.6) is 0 Å². The number of amides is 2. The van der Waals surface area contributed by atoms with E-state index in [4.69, 9.17) is 11.6 Å². The zero-order chi connectivity index (χ0) is 20.3. The highest BCUT2D eigenvalue weighted by Crippen LogP contribution is 2.33. The SMILES string of the molecule is Cc1ccc(CN2CCN(C(=O)Nc3cc(C(F)(F)F)ccc3Cl)CC2)cc1. The molecule has 28 heavy (non-hydrogen) atoms. The summed E-state index contributed by atoms with van der Waals surface area (Å²) < 4.78 is 38.6. The molecule has 0 bridgehead atoms. The topological polar surface area (TPSA) is 35.6 Å². The monoisotopic (exact) mass is 411 g/mol. The van der Waals surface area contributed by atoms with E-state index in [1.807, 2.05) is 6.92 Å². The summed E-state index contributed by atoms with van der Waals surface area (Å²) in [4.78, 5) is 16.3. The number of anilines is 1. The number of nitrogens with zero attached hydrogens (tertiary/aromatic N) is 2. The summed E-state index contributed by atoms with van der Waals surface area (Å²) >= 11 is 5.95. The van der Waals surface area contributed by atoms with Gasteiger partial charge >= 0.3 is 12.2 Å². The standard InChI is InChI=1S/C20H21ClF3N3O/c1-14-2-4-15(5-3-14)13-26-8-10-27(11-9-26)19(28)25-18-12-16(20(22,23)24)6-7-17(18)21/h2-7,12H,8-11,13H2,1H3,(H,25,28). The molecule has 0 aliphatic carbocycles. The summed E-state index contributed by atoms with van der Waals surface area (Å²) in [6.45, 7) is 5.21. The fourth-order valence-electron chi connectivity index (χ4n) is 3.05. The number of carbonyl (C=O) groups excluding carboxylic acids is 1. The molecule has 1 N–H and O–H groups in total. The summed E-state index contributed by atoms with van der Waals surface area (Å²) in [7, 11) is 0. The predicted molar refractivity (Wildman–Crippen MR) is 104 cm³/mol. The molecule has 0 saturated carbocycles. The maximum Gasteiger partial charge on any atom is 0.416 e. The van der Waals surface area contributed by atoms with E-state index in [0.717, 1.165) is 24.7 Å². The normalized spacial score (nSPS) is 15.5. The van der Waals surface area contributed by atoms with Gasteiger partial charge in [-0.3, -0.25) is 4.90 Å². The molecule has 0 atom stereocenters. The molecule has 8 heteroatoms. The van der Waals surface area contributed by atoms with Gasteiger partial charge in [-0.2, -0.15) is 13.2 Å². The van der Waals surface area contributed by atoms with Crippen molar-refractivity contribution in [2.45, 2.75) is 19.6 Å². The molecule has 150 valence electrons. The Morgan fingerprint density at radius 3 is 2.32 bits per heavy atom. The summed E-state index contributed by atoms with van der Waals surface area (Å²) in [5.41, 5.74) is 1.52. The van der Waals surface area contributed by atoms with Crippen molar-refractivity contribution in [3.05, 3.63) is 64.2 Å². The van der Waals surface area contributed by atoms with Gasteiger partial charge in [0.05, 0.1) is 16.3 Å². The van der Waals surface area contributed by atoms with E-state index in [1.54, 1.807) is 4.90 Å². The Bertz CT molecular complexity index is 832. The van der Waals surface area contributed by atoms with Gasteiger partial charge in [-0.05, 0) is 30.7 Å². The zero-order valence-electron chi connectivity index (χ0n) is 15.4.